The number of fused-ring (bicyclic) bond motifs is 5. The van der Waals surface area contributed by atoms with Crippen LogP contribution >= 0.6 is 0 Å². The number of nitrogens with zero attached hydrogens (tertiary/aromatic N) is 6. The maximum absolute atomic E-state index is 16.1. The van der Waals surface area contributed by atoms with E-state index >= 15 is 8.78 Å². The molecule has 49 heavy (non-hydrogen) atoms. The van der Waals surface area contributed by atoms with Crippen LogP contribution in [-0.4, -0.2) is 104 Å². The normalized spacial score (nSPS) is 14.6. The number of nitrogens with one attached hydrogen (secondary N) is 2. The van der Waals surface area contributed by atoms with Crippen LogP contribution in [0.3, 0.4) is 0 Å². The fourth-order valence-electron chi connectivity index (χ4n) is 6.62. The highest BCUT2D eigenvalue weighted by atomic mass is 19.2. The Labute approximate surface area is 275 Å². The highest BCUT2D eigenvalue weighted by molar-refractivity contribution is 6.18. The smallest absolute Gasteiger partial charge is 0.341 e. The molecule has 4 aromatic heterocycles. The zero-order chi connectivity index (χ0) is 34.9. The number of likely N-dealkylation sites (N-methyl/N-ethyl adjacent to an activating group) is 2. The molecule has 16 heteroatoms. The number of carbonyl (C=O) groups is 3. The maximum atomic E-state index is 16.1. The van der Waals surface area contributed by atoms with Crippen molar-refractivity contribution in [2.45, 2.75) is 0 Å². The van der Waals surface area contributed by atoms with Crippen molar-refractivity contribution in [2.75, 3.05) is 51.7 Å². The molecule has 0 atom stereocenters. The summed E-state index contributed by atoms with van der Waals surface area (Å²) in [5.41, 5.74) is 8.05. The van der Waals surface area contributed by atoms with Gasteiger partial charge in [0.2, 0.25) is 28.6 Å². The molecule has 0 saturated carbocycles. The monoisotopic (exact) mass is 670 g/mol. The molecule has 0 aliphatic carbocycles. The second-order valence-electron chi connectivity index (χ2n) is 12.1. The van der Waals surface area contributed by atoms with Gasteiger partial charge in [-0.15, -0.1) is 0 Å². The Morgan fingerprint density at radius 2 is 1.92 bits per heavy atom. The van der Waals surface area contributed by atoms with Crippen molar-refractivity contribution in [1.82, 2.24) is 29.7 Å². The van der Waals surface area contributed by atoms with E-state index < -0.39 is 47.0 Å². The molecule has 2 aliphatic rings. The number of benzene rings is 1. The van der Waals surface area contributed by atoms with Crippen molar-refractivity contribution in [2.24, 2.45) is 12.8 Å². The van der Waals surface area contributed by atoms with Crippen LogP contribution < -0.4 is 21.4 Å². The first-order chi connectivity index (χ1) is 23.4. The molecule has 250 valence electrons. The third-order valence-corrected chi connectivity index (χ3v) is 9.00. The number of pyridine rings is 3. The van der Waals surface area contributed by atoms with E-state index in [4.69, 9.17) is 5.73 Å². The summed E-state index contributed by atoms with van der Waals surface area (Å²) in [6, 6.07) is 2.42. The predicted octanol–water partition coefficient (Wildman–Crippen LogP) is 1.61. The number of anilines is 1. The number of aryl methyl sites for hydroxylation is 1. The van der Waals surface area contributed by atoms with Gasteiger partial charge in [0.15, 0.2) is 18.2 Å². The Hall–Kier alpha value is -5.87. The fraction of sp³-hybridized carbons (Fsp3) is 0.242. The van der Waals surface area contributed by atoms with Crippen LogP contribution in [0.1, 0.15) is 10.4 Å². The molecule has 1 aromatic carbocycles. The summed E-state index contributed by atoms with van der Waals surface area (Å²) in [6.07, 6.45) is 6.31. The number of aromatic carboxylic acids is 1. The molecule has 0 spiro atoms. The summed E-state index contributed by atoms with van der Waals surface area (Å²) < 4.78 is 35.0. The topological polar surface area (TPSA) is 183 Å². The summed E-state index contributed by atoms with van der Waals surface area (Å²) in [6.45, 7) is 0.924. The van der Waals surface area contributed by atoms with Gasteiger partial charge in [-0.3, -0.25) is 19.3 Å². The van der Waals surface area contributed by atoms with Gasteiger partial charge in [-0.05, 0) is 19.2 Å². The van der Waals surface area contributed by atoms with E-state index in [-0.39, 0.29) is 45.2 Å². The van der Waals surface area contributed by atoms with Crippen molar-refractivity contribution in [3.8, 4) is 11.1 Å². The molecule has 0 bridgehead atoms. The van der Waals surface area contributed by atoms with Crippen LogP contribution in [0, 0.1) is 11.6 Å². The highest BCUT2D eigenvalue weighted by Gasteiger charge is 2.38. The number of rotatable bonds is 7. The number of aromatic nitrogens is 4. The zero-order valence-corrected chi connectivity index (χ0v) is 26.6. The van der Waals surface area contributed by atoms with Crippen molar-refractivity contribution >= 4 is 67.8 Å². The SMILES string of the molecule is CN1CC2=CC[N+](c3c(-c4cnc5c(c4)c(=O)c(C(=O)O)cn5C)cnc4[nH]c5c(N(C)C(=O)CNC(=O)CN)cc(F)c(F)c5c34)=C2C1. The Balaban J connectivity index is 1.52. The number of hydrogen-bond acceptors (Lipinski definition) is 8. The zero-order valence-electron chi connectivity index (χ0n) is 26.6. The fourth-order valence-corrected chi connectivity index (χ4v) is 6.62. The minimum Gasteiger partial charge on any atom is -0.477 e. The van der Waals surface area contributed by atoms with E-state index in [2.05, 4.69) is 31.2 Å². The summed E-state index contributed by atoms with van der Waals surface area (Å²) in [5.74, 6) is -4.93. The second-order valence-corrected chi connectivity index (χ2v) is 12.1. The molecule has 14 nitrogen and oxygen atoms in total. The van der Waals surface area contributed by atoms with Crippen molar-refractivity contribution in [1.29, 1.82) is 0 Å². The van der Waals surface area contributed by atoms with E-state index in [0.717, 1.165) is 22.3 Å². The first-order valence-corrected chi connectivity index (χ1v) is 15.2. The minimum atomic E-state index is -1.38. The van der Waals surface area contributed by atoms with E-state index in [1.807, 2.05) is 11.6 Å². The maximum Gasteiger partial charge on any atom is 0.341 e. The van der Waals surface area contributed by atoms with Gasteiger partial charge in [-0.25, -0.2) is 23.5 Å². The third kappa shape index (κ3) is 5.03. The molecule has 2 aliphatic heterocycles. The quantitative estimate of drug-likeness (QED) is 0.187. The van der Waals surface area contributed by atoms with Gasteiger partial charge in [0.05, 0.1) is 47.2 Å². The number of likely N-dealkylation sites (tertiary alicyclic amines) is 1. The molecule has 6 heterocycles. The summed E-state index contributed by atoms with van der Waals surface area (Å²) in [7, 11) is 4.92. The van der Waals surface area contributed by atoms with E-state index in [1.165, 1.54) is 36.3 Å². The summed E-state index contributed by atoms with van der Waals surface area (Å²) in [5, 5.41) is 12.2. The van der Waals surface area contributed by atoms with Crippen LogP contribution in [0.2, 0.25) is 0 Å². The van der Waals surface area contributed by atoms with Crippen LogP contribution in [0.25, 0.3) is 44.1 Å². The minimum absolute atomic E-state index is 0.0111. The highest BCUT2D eigenvalue weighted by Crippen LogP contribution is 2.44. The molecule has 2 amide bonds. The van der Waals surface area contributed by atoms with Crippen molar-refractivity contribution < 1.29 is 32.8 Å². The standard InChI is InChI=1S/C33H29F2N9O5/c1-41-12-15-4-5-44(22(15)14-41)29-18(16-6-17-30(47)19(33(48)49)13-42(2)32(17)39-9-16)10-38-31-26(29)25-27(35)20(34)7-21(28(25)40-31)43(3)24(46)11-37-23(45)8-36/h4,6-7,9-10,13H,5,8,11-12,14,36H2,1-3H3,(H2-,37,38,40,45,48,49)/p+1. The van der Waals surface area contributed by atoms with E-state index in [9.17, 15) is 24.3 Å². The lowest BCUT2D eigenvalue weighted by Gasteiger charge is -2.19. The number of halogens is 2. The van der Waals surface area contributed by atoms with Gasteiger partial charge in [-0.2, -0.15) is 4.58 Å². The van der Waals surface area contributed by atoms with Gasteiger partial charge >= 0.3 is 5.97 Å². The van der Waals surface area contributed by atoms with Gasteiger partial charge in [0, 0.05) is 56.4 Å². The Kier molecular flexibility index (Phi) is 7.56. The number of carbonyl (C=O) groups excluding carboxylic acids is 2. The summed E-state index contributed by atoms with van der Waals surface area (Å²) in [4.78, 5) is 65.2. The van der Waals surface area contributed by atoms with Crippen LogP contribution in [0.4, 0.5) is 20.2 Å². The largest absolute Gasteiger partial charge is 0.477 e. The molecule has 1 saturated heterocycles. The lowest BCUT2D eigenvalue weighted by molar-refractivity contribution is -0.422. The Bertz CT molecular complexity index is 2430. The van der Waals surface area contributed by atoms with Crippen LogP contribution in [0.15, 0.2) is 47.2 Å². The van der Waals surface area contributed by atoms with Gasteiger partial charge < -0.3 is 30.6 Å². The van der Waals surface area contributed by atoms with Gasteiger partial charge in [-0.1, -0.05) is 0 Å². The Morgan fingerprint density at radius 1 is 1.14 bits per heavy atom. The van der Waals surface area contributed by atoms with E-state index in [0.29, 0.717) is 36.4 Å². The average molecular weight is 671 g/mol. The predicted molar refractivity (Wildman–Crippen MR) is 177 cm³/mol. The van der Waals surface area contributed by atoms with Gasteiger partial charge in [0.1, 0.15) is 22.2 Å². The molecule has 0 radical (unpaired) electrons. The number of carboxylic acids is 1. The molecular formula is C33H30F2N9O5+. The lowest BCUT2D eigenvalue weighted by Crippen LogP contribution is -2.40. The molecular weight excluding hydrogens is 640 g/mol. The van der Waals surface area contributed by atoms with Gasteiger partial charge in [0.25, 0.3) is 0 Å². The molecule has 7 rings (SSSR count). The number of H-pyrrole nitrogens is 1. The Morgan fingerprint density at radius 3 is 2.65 bits per heavy atom. The first-order valence-electron chi connectivity index (χ1n) is 15.2. The van der Waals surface area contributed by atoms with Crippen molar-refractivity contribution in [3.05, 3.63) is 69.8 Å². The summed E-state index contributed by atoms with van der Waals surface area (Å²) >= 11 is 0. The molecule has 1 fully saturated rings. The van der Waals surface area contributed by atoms with Crippen LogP contribution in [-0.2, 0) is 16.6 Å². The van der Waals surface area contributed by atoms with Crippen molar-refractivity contribution in [3.63, 3.8) is 0 Å². The number of nitrogens with two attached hydrogens (primary N) is 1. The first kappa shape index (κ1) is 31.7. The molecule has 5 aromatic rings. The number of hydrogen-bond donors (Lipinski definition) is 4. The number of aromatic amines is 1. The van der Waals surface area contributed by atoms with E-state index in [1.54, 1.807) is 7.05 Å². The van der Waals surface area contributed by atoms with Crippen LogP contribution in [0.5, 0.6) is 0 Å². The molecule has 5 N–H and O–H groups in total. The third-order valence-electron chi connectivity index (χ3n) is 9.00. The molecule has 0 unspecified atom stereocenters. The average Bonchev–Trinajstić information content (AvgIpc) is 3.77. The number of carboxylic acid groups (broad SMARTS) is 1. The number of amides is 2. The second kappa shape index (κ2) is 11.7. The lowest BCUT2D eigenvalue weighted by atomic mass is 10.0.